The van der Waals surface area contributed by atoms with E-state index in [9.17, 15) is 0 Å². The van der Waals surface area contributed by atoms with E-state index in [1.165, 1.54) is 25.9 Å². The fourth-order valence-corrected chi connectivity index (χ4v) is 3.64. The lowest BCUT2D eigenvalue weighted by Gasteiger charge is -2.30. The molecule has 1 saturated heterocycles. The predicted molar refractivity (Wildman–Crippen MR) is 124 cm³/mol. The number of aromatic nitrogens is 3. The van der Waals surface area contributed by atoms with Gasteiger partial charge in [-0.3, -0.25) is 0 Å². The van der Waals surface area contributed by atoms with Gasteiger partial charge >= 0.3 is 0 Å². The normalized spacial score (nSPS) is 15.8. The Morgan fingerprint density at radius 1 is 1.16 bits per heavy atom. The summed E-state index contributed by atoms with van der Waals surface area (Å²) >= 11 is 0. The fourth-order valence-electron chi connectivity index (χ4n) is 3.64. The first-order valence-electron chi connectivity index (χ1n) is 11.3. The van der Waals surface area contributed by atoms with Gasteiger partial charge in [-0.1, -0.05) is 19.1 Å². The predicted octanol–water partition coefficient (Wildman–Crippen LogP) is 2.49. The molecule has 0 amide bonds. The lowest BCUT2D eigenvalue weighted by Crippen LogP contribution is -2.40. The van der Waals surface area contributed by atoms with E-state index in [4.69, 9.17) is 9.73 Å². The molecule has 2 aromatic rings. The van der Waals surface area contributed by atoms with E-state index in [1.54, 1.807) is 7.11 Å². The topological polar surface area (TPSA) is 79.6 Å². The molecule has 3 rings (SSSR count). The molecule has 1 fully saturated rings. The highest BCUT2D eigenvalue weighted by atomic mass is 16.5. The maximum absolute atomic E-state index is 5.24. The number of hydrogen-bond acceptors (Lipinski definition) is 5. The van der Waals surface area contributed by atoms with Crippen molar-refractivity contribution in [3.63, 3.8) is 0 Å². The Balaban J connectivity index is 1.52. The van der Waals surface area contributed by atoms with Crippen LogP contribution in [0.2, 0.25) is 0 Å². The molecular formula is C23H37N7O. The molecule has 1 aromatic heterocycles. The molecule has 0 bridgehead atoms. The minimum atomic E-state index is 0.579. The Bertz CT molecular complexity index is 823. The number of ether oxygens (including phenoxy) is 1. The highest BCUT2D eigenvalue weighted by Gasteiger charge is 2.14. The van der Waals surface area contributed by atoms with Gasteiger partial charge in [0.05, 0.1) is 20.2 Å². The van der Waals surface area contributed by atoms with Crippen molar-refractivity contribution < 1.29 is 4.74 Å². The van der Waals surface area contributed by atoms with Gasteiger partial charge in [0.25, 0.3) is 0 Å². The lowest BCUT2D eigenvalue weighted by atomic mass is 9.99. The summed E-state index contributed by atoms with van der Waals surface area (Å²) in [4.78, 5) is 7.35. The second kappa shape index (κ2) is 11.7. The summed E-state index contributed by atoms with van der Waals surface area (Å²) in [5, 5.41) is 15.3. The van der Waals surface area contributed by atoms with Crippen molar-refractivity contribution in [3.8, 4) is 5.75 Å². The lowest BCUT2D eigenvalue weighted by molar-refractivity contribution is 0.191. The molecule has 1 aliphatic heterocycles. The molecule has 2 heterocycles. The zero-order valence-electron chi connectivity index (χ0n) is 19.4. The molecule has 0 spiro atoms. The molecule has 2 N–H and O–H groups in total. The maximum Gasteiger partial charge on any atom is 0.191 e. The first-order chi connectivity index (χ1) is 15.0. The van der Waals surface area contributed by atoms with Crippen molar-refractivity contribution in [2.45, 2.75) is 46.2 Å². The number of aryl methyl sites for hydroxylation is 1. The van der Waals surface area contributed by atoms with Gasteiger partial charge < -0.3 is 24.8 Å². The molecular weight excluding hydrogens is 390 g/mol. The molecule has 8 heteroatoms. The number of aliphatic imine (C=N–C) groups is 1. The standard InChI is InChI=1S/C23H37N7O/c1-18-10-14-30(15-11-18)13-5-12-24-23(26-17-22-28-27-19(2)29(22)3)25-16-20-6-8-21(31-4)9-7-20/h6-9,18H,5,10-17H2,1-4H3,(H2,24,25,26). The SMILES string of the molecule is COc1ccc(CN=C(NCCCN2CCC(C)CC2)NCc2nnc(C)n2C)cc1. The van der Waals surface area contributed by atoms with E-state index in [1.807, 2.05) is 42.8 Å². The number of nitrogens with zero attached hydrogens (tertiary/aromatic N) is 5. The van der Waals surface area contributed by atoms with Gasteiger partial charge in [-0.2, -0.15) is 0 Å². The molecule has 0 unspecified atom stereocenters. The zero-order valence-corrected chi connectivity index (χ0v) is 19.4. The second-order valence-corrected chi connectivity index (χ2v) is 8.39. The van der Waals surface area contributed by atoms with Crippen LogP contribution < -0.4 is 15.4 Å². The Morgan fingerprint density at radius 2 is 1.90 bits per heavy atom. The Morgan fingerprint density at radius 3 is 2.55 bits per heavy atom. The summed E-state index contributed by atoms with van der Waals surface area (Å²) in [5.41, 5.74) is 1.14. The van der Waals surface area contributed by atoms with Gasteiger partial charge in [-0.05, 0) is 69.4 Å². The molecule has 1 aliphatic rings. The Kier molecular flexibility index (Phi) is 8.70. The largest absolute Gasteiger partial charge is 0.497 e. The number of piperidine rings is 1. The number of benzene rings is 1. The van der Waals surface area contributed by atoms with Crippen LogP contribution in [-0.4, -0.2) is 58.9 Å². The minimum Gasteiger partial charge on any atom is -0.497 e. The van der Waals surface area contributed by atoms with Crippen LogP contribution in [0, 0.1) is 12.8 Å². The molecule has 1 aromatic carbocycles. The molecule has 170 valence electrons. The van der Waals surface area contributed by atoms with Crippen LogP contribution in [-0.2, 0) is 20.1 Å². The van der Waals surface area contributed by atoms with Crippen molar-refractivity contribution in [1.29, 1.82) is 0 Å². The van der Waals surface area contributed by atoms with Gasteiger partial charge in [0.1, 0.15) is 11.6 Å². The monoisotopic (exact) mass is 427 g/mol. The summed E-state index contributed by atoms with van der Waals surface area (Å²) in [7, 11) is 3.66. The van der Waals surface area contributed by atoms with Crippen LogP contribution >= 0.6 is 0 Å². The number of guanidine groups is 1. The van der Waals surface area contributed by atoms with E-state index < -0.39 is 0 Å². The van der Waals surface area contributed by atoms with Crippen LogP contribution in [0.4, 0.5) is 0 Å². The van der Waals surface area contributed by atoms with Crippen LogP contribution in [0.3, 0.4) is 0 Å². The minimum absolute atomic E-state index is 0.579. The first-order valence-corrected chi connectivity index (χ1v) is 11.3. The molecule has 0 radical (unpaired) electrons. The average Bonchev–Trinajstić information content (AvgIpc) is 3.11. The van der Waals surface area contributed by atoms with Gasteiger partial charge in [0.15, 0.2) is 11.8 Å². The molecule has 0 saturated carbocycles. The highest BCUT2D eigenvalue weighted by molar-refractivity contribution is 5.79. The van der Waals surface area contributed by atoms with Crippen molar-refractivity contribution in [3.05, 3.63) is 41.5 Å². The fraction of sp³-hybridized carbons (Fsp3) is 0.609. The summed E-state index contributed by atoms with van der Waals surface area (Å²) in [6, 6.07) is 8.02. The Hall–Kier alpha value is -2.61. The third-order valence-electron chi connectivity index (χ3n) is 6.00. The number of likely N-dealkylation sites (tertiary alicyclic amines) is 1. The summed E-state index contributed by atoms with van der Waals surface area (Å²) in [5.74, 6) is 4.31. The third kappa shape index (κ3) is 7.24. The van der Waals surface area contributed by atoms with Crippen LogP contribution in [0.1, 0.15) is 43.4 Å². The van der Waals surface area contributed by atoms with Crippen LogP contribution in [0.5, 0.6) is 5.75 Å². The van der Waals surface area contributed by atoms with Gasteiger partial charge in [0, 0.05) is 13.6 Å². The van der Waals surface area contributed by atoms with E-state index >= 15 is 0 Å². The van der Waals surface area contributed by atoms with Crippen molar-refractivity contribution in [2.24, 2.45) is 18.0 Å². The van der Waals surface area contributed by atoms with E-state index in [0.29, 0.717) is 13.1 Å². The molecule has 0 atom stereocenters. The van der Waals surface area contributed by atoms with Crippen molar-refractivity contribution >= 4 is 5.96 Å². The van der Waals surface area contributed by atoms with Gasteiger partial charge in [-0.15, -0.1) is 10.2 Å². The van der Waals surface area contributed by atoms with Gasteiger partial charge in [0.2, 0.25) is 0 Å². The van der Waals surface area contributed by atoms with E-state index in [-0.39, 0.29) is 0 Å². The average molecular weight is 428 g/mol. The number of hydrogen-bond donors (Lipinski definition) is 2. The van der Waals surface area contributed by atoms with E-state index in [2.05, 4.69) is 32.7 Å². The summed E-state index contributed by atoms with van der Waals surface area (Å²) in [6.07, 6.45) is 3.74. The quantitative estimate of drug-likeness (QED) is 0.364. The van der Waals surface area contributed by atoms with Crippen LogP contribution in [0.15, 0.2) is 29.3 Å². The summed E-state index contributed by atoms with van der Waals surface area (Å²) in [6.45, 7) is 9.96. The molecule has 0 aliphatic carbocycles. The summed E-state index contributed by atoms with van der Waals surface area (Å²) < 4.78 is 7.23. The number of methoxy groups -OCH3 is 1. The maximum atomic E-state index is 5.24. The zero-order chi connectivity index (χ0) is 22.1. The Labute approximate surface area is 186 Å². The first kappa shape index (κ1) is 23.1. The van der Waals surface area contributed by atoms with Gasteiger partial charge in [-0.25, -0.2) is 4.99 Å². The molecule has 8 nitrogen and oxygen atoms in total. The number of rotatable bonds is 9. The number of nitrogens with one attached hydrogen (secondary N) is 2. The second-order valence-electron chi connectivity index (χ2n) is 8.39. The van der Waals surface area contributed by atoms with Crippen molar-refractivity contribution in [2.75, 3.05) is 33.3 Å². The van der Waals surface area contributed by atoms with Crippen molar-refractivity contribution in [1.82, 2.24) is 30.3 Å². The van der Waals surface area contributed by atoms with E-state index in [0.717, 1.165) is 54.3 Å². The smallest absolute Gasteiger partial charge is 0.191 e. The van der Waals surface area contributed by atoms with Crippen LogP contribution in [0.25, 0.3) is 0 Å². The third-order valence-corrected chi connectivity index (χ3v) is 6.00. The molecule has 31 heavy (non-hydrogen) atoms. The highest BCUT2D eigenvalue weighted by Crippen LogP contribution is 2.15.